The molecule has 0 spiro atoms. The van der Waals surface area contributed by atoms with Crippen molar-refractivity contribution in [2.75, 3.05) is 25.5 Å². The van der Waals surface area contributed by atoms with E-state index in [0.29, 0.717) is 37.4 Å². The number of ether oxygens (including phenoxy) is 1. The quantitative estimate of drug-likeness (QED) is 0.847. The Morgan fingerprint density at radius 2 is 1.96 bits per heavy atom. The van der Waals surface area contributed by atoms with Crippen LogP contribution >= 0.6 is 12.4 Å². The van der Waals surface area contributed by atoms with Gasteiger partial charge in [0.05, 0.1) is 24.8 Å². The molecule has 2 N–H and O–H groups in total. The number of piperidine rings is 1. The number of amides is 1. The van der Waals surface area contributed by atoms with Crippen LogP contribution in [0.25, 0.3) is 0 Å². The number of benzene rings is 1. The highest BCUT2D eigenvalue weighted by Crippen LogP contribution is 2.26. The summed E-state index contributed by atoms with van der Waals surface area (Å²) in [6.07, 6.45) is 1.17. The largest absolute Gasteiger partial charge is 0.495 e. The van der Waals surface area contributed by atoms with Crippen LogP contribution in [0.3, 0.4) is 0 Å². The van der Waals surface area contributed by atoms with Crippen molar-refractivity contribution >= 4 is 30.0 Å². The summed E-state index contributed by atoms with van der Waals surface area (Å²) in [5, 5.41) is 12.0. The molecule has 1 aromatic carbocycles. The summed E-state index contributed by atoms with van der Waals surface area (Å²) in [4.78, 5) is 25.5. The number of rotatable bonds is 5. The molecule has 1 heterocycles. The van der Waals surface area contributed by atoms with Crippen LogP contribution in [-0.2, 0) is 9.59 Å². The molecule has 2 rings (SSSR count). The predicted octanol–water partition coefficient (Wildman–Crippen LogP) is 2.55. The Labute approximate surface area is 148 Å². The smallest absolute Gasteiger partial charge is 0.306 e. The summed E-state index contributed by atoms with van der Waals surface area (Å²) >= 11 is 0. The lowest BCUT2D eigenvalue weighted by molar-refractivity contribution is -0.143. The van der Waals surface area contributed by atoms with Crippen LogP contribution < -0.4 is 10.1 Å². The number of anilines is 1. The molecule has 0 bridgehead atoms. The Kier molecular flexibility index (Phi) is 7.51. The van der Waals surface area contributed by atoms with E-state index in [1.54, 1.807) is 7.11 Å². The predicted molar refractivity (Wildman–Crippen MR) is 95.0 cm³/mol. The molecule has 24 heavy (non-hydrogen) atoms. The number of carbonyl (C=O) groups is 2. The number of aryl methyl sites for hydroxylation is 1. The van der Waals surface area contributed by atoms with E-state index in [1.165, 1.54) is 0 Å². The topological polar surface area (TPSA) is 78.9 Å². The molecular formula is C17H25ClN2O4. The van der Waals surface area contributed by atoms with Gasteiger partial charge in [0, 0.05) is 0 Å². The lowest BCUT2D eigenvalue weighted by Gasteiger charge is -2.33. The van der Waals surface area contributed by atoms with Gasteiger partial charge in [0.1, 0.15) is 5.75 Å². The number of carboxylic acids is 1. The van der Waals surface area contributed by atoms with Gasteiger partial charge >= 0.3 is 5.97 Å². The second-order valence-corrected chi connectivity index (χ2v) is 6.02. The SMILES string of the molecule is COc1ccc(C)cc1NC(=O)C(C)N1CCC(C(=O)O)CC1.Cl. The Morgan fingerprint density at radius 3 is 2.50 bits per heavy atom. The summed E-state index contributed by atoms with van der Waals surface area (Å²) in [6.45, 7) is 5.04. The molecule has 0 radical (unpaired) electrons. The molecule has 0 aliphatic carbocycles. The summed E-state index contributed by atoms with van der Waals surface area (Å²) in [5.74, 6) is -0.520. The van der Waals surface area contributed by atoms with E-state index in [4.69, 9.17) is 9.84 Å². The molecule has 1 aliphatic rings. The Balaban J connectivity index is 0.00000288. The molecule has 0 saturated carbocycles. The molecular weight excluding hydrogens is 332 g/mol. The van der Waals surface area contributed by atoms with E-state index in [-0.39, 0.29) is 30.3 Å². The third-order valence-corrected chi connectivity index (χ3v) is 4.42. The maximum atomic E-state index is 12.5. The average Bonchev–Trinajstić information content (AvgIpc) is 2.54. The van der Waals surface area contributed by atoms with E-state index < -0.39 is 5.97 Å². The second kappa shape index (κ2) is 8.89. The second-order valence-electron chi connectivity index (χ2n) is 6.02. The van der Waals surface area contributed by atoms with Gasteiger partial charge in [-0.1, -0.05) is 6.07 Å². The van der Waals surface area contributed by atoms with Crippen molar-refractivity contribution in [2.45, 2.75) is 32.7 Å². The van der Waals surface area contributed by atoms with Crippen LogP contribution in [0.5, 0.6) is 5.75 Å². The minimum atomic E-state index is -0.744. The van der Waals surface area contributed by atoms with Crippen molar-refractivity contribution < 1.29 is 19.4 Å². The zero-order chi connectivity index (χ0) is 17.0. The molecule has 1 aromatic rings. The highest BCUT2D eigenvalue weighted by Gasteiger charge is 2.29. The monoisotopic (exact) mass is 356 g/mol. The van der Waals surface area contributed by atoms with Gasteiger partial charge in [-0.2, -0.15) is 0 Å². The Morgan fingerprint density at radius 1 is 1.33 bits per heavy atom. The molecule has 1 aliphatic heterocycles. The van der Waals surface area contributed by atoms with Crippen LogP contribution in [-0.4, -0.2) is 48.1 Å². The summed E-state index contributed by atoms with van der Waals surface area (Å²) in [6, 6.07) is 5.32. The van der Waals surface area contributed by atoms with Crippen molar-refractivity contribution in [1.82, 2.24) is 4.90 Å². The minimum Gasteiger partial charge on any atom is -0.495 e. The van der Waals surface area contributed by atoms with Gasteiger partial charge in [0.15, 0.2) is 0 Å². The van der Waals surface area contributed by atoms with Crippen LogP contribution in [0.15, 0.2) is 18.2 Å². The first-order valence-electron chi connectivity index (χ1n) is 7.84. The third-order valence-electron chi connectivity index (χ3n) is 4.42. The number of aliphatic carboxylic acids is 1. The number of halogens is 1. The van der Waals surface area contributed by atoms with Crippen LogP contribution in [0.2, 0.25) is 0 Å². The van der Waals surface area contributed by atoms with Gasteiger partial charge in [-0.05, 0) is 57.5 Å². The number of likely N-dealkylation sites (tertiary alicyclic amines) is 1. The zero-order valence-corrected chi connectivity index (χ0v) is 15.1. The summed E-state index contributed by atoms with van der Waals surface area (Å²) in [5.41, 5.74) is 1.70. The van der Waals surface area contributed by atoms with Gasteiger partial charge in [-0.25, -0.2) is 0 Å². The lowest BCUT2D eigenvalue weighted by Crippen LogP contribution is -2.47. The van der Waals surface area contributed by atoms with E-state index in [9.17, 15) is 9.59 Å². The highest BCUT2D eigenvalue weighted by molar-refractivity contribution is 5.96. The van der Waals surface area contributed by atoms with Crippen molar-refractivity contribution in [3.63, 3.8) is 0 Å². The summed E-state index contributed by atoms with van der Waals surface area (Å²) < 4.78 is 5.27. The van der Waals surface area contributed by atoms with E-state index in [1.807, 2.05) is 36.9 Å². The van der Waals surface area contributed by atoms with Crippen molar-refractivity contribution in [2.24, 2.45) is 5.92 Å². The molecule has 1 atom stereocenters. The standard InChI is InChI=1S/C17H24N2O4.ClH/c1-11-4-5-15(23-3)14(10-11)18-16(20)12(2)19-8-6-13(7-9-19)17(21)22;/h4-5,10,12-13H,6-9H2,1-3H3,(H,18,20)(H,21,22);1H. The van der Waals surface area contributed by atoms with Crippen molar-refractivity contribution in [1.29, 1.82) is 0 Å². The minimum absolute atomic E-state index is 0. The number of carboxylic acid groups (broad SMARTS) is 1. The van der Waals surface area contributed by atoms with Crippen molar-refractivity contribution in [3.05, 3.63) is 23.8 Å². The molecule has 1 saturated heterocycles. The third kappa shape index (κ3) is 4.85. The molecule has 7 heteroatoms. The number of nitrogens with one attached hydrogen (secondary N) is 1. The van der Waals surface area contributed by atoms with Crippen LogP contribution in [0.4, 0.5) is 5.69 Å². The van der Waals surface area contributed by atoms with Gasteiger partial charge in [0.25, 0.3) is 0 Å². The van der Waals surface area contributed by atoms with Gasteiger partial charge in [-0.3, -0.25) is 14.5 Å². The fourth-order valence-corrected chi connectivity index (χ4v) is 2.86. The molecule has 134 valence electrons. The van der Waals surface area contributed by atoms with Gasteiger partial charge < -0.3 is 15.2 Å². The summed E-state index contributed by atoms with van der Waals surface area (Å²) in [7, 11) is 1.57. The number of nitrogens with zero attached hydrogens (tertiary/aromatic N) is 1. The van der Waals surface area contributed by atoms with Crippen LogP contribution in [0, 0.1) is 12.8 Å². The maximum absolute atomic E-state index is 12.5. The lowest BCUT2D eigenvalue weighted by atomic mass is 9.96. The van der Waals surface area contributed by atoms with Crippen molar-refractivity contribution in [3.8, 4) is 5.75 Å². The maximum Gasteiger partial charge on any atom is 0.306 e. The van der Waals surface area contributed by atoms with Crippen LogP contribution in [0.1, 0.15) is 25.3 Å². The number of carbonyl (C=O) groups excluding carboxylic acids is 1. The van der Waals surface area contributed by atoms with Gasteiger partial charge in [0.2, 0.25) is 5.91 Å². The van der Waals surface area contributed by atoms with E-state index in [0.717, 1.165) is 5.56 Å². The number of methoxy groups -OCH3 is 1. The molecule has 1 amide bonds. The highest BCUT2D eigenvalue weighted by atomic mass is 35.5. The molecule has 1 unspecified atom stereocenters. The first-order valence-corrected chi connectivity index (χ1v) is 7.84. The number of hydrogen-bond donors (Lipinski definition) is 2. The van der Waals surface area contributed by atoms with Gasteiger partial charge in [-0.15, -0.1) is 12.4 Å². The molecule has 0 aromatic heterocycles. The Hall–Kier alpha value is -1.79. The first kappa shape index (κ1) is 20.3. The average molecular weight is 357 g/mol. The first-order chi connectivity index (χ1) is 10.9. The van der Waals surface area contributed by atoms with E-state index >= 15 is 0 Å². The normalized spacial score (nSPS) is 16.8. The fourth-order valence-electron chi connectivity index (χ4n) is 2.86. The zero-order valence-electron chi connectivity index (χ0n) is 14.2. The fraction of sp³-hybridized carbons (Fsp3) is 0.529. The molecule has 6 nitrogen and oxygen atoms in total. The number of hydrogen-bond acceptors (Lipinski definition) is 4. The molecule has 1 fully saturated rings. The Bertz CT molecular complexity index is 586. The van der Waals surface area contributed by atoms with E-state index in [2.05, 4.69) is 5.32 Å².